The van der Waals surface area contributed by atoms with Crippen LogP contribution in [0.5, 0.6) is 0 Å². The molecule has 22 heavy (non-hydrogen) atoms. The summed E-state index contributed by atoms with van der Waals surface area (Å²) in [6.45, 7) is 2.06. The highest BCUT2D eigenvalue weighted by Crippen LogP contribution is 2.33. The van der Waals surface area contributed by atoms with Gasteiger partial charge in [0.1, 0.15) is 5.82 Å². The van der Waals surface area contributed by atoms with Gasteiger partial charge in [-0.25, -0.2) is 4.39 Å². The molecule has 5 nitrogen and oxygen atoms in total. The van der Waals surface area contributed by atoms with E-state index in [-0.39, 0.29) is 24.3 Å². The lowest BCUT2D eigenvalue weighted by Crippen LogP contribution is -2.32. The highest BCUT2D eigenvalue weighted by molar-refractivity contribution is 5.95. The fourth-order valence-electron chi connectivity index (χ4n) is 3.00. The molecule has 1 aromatic carbocycles. The highest BCUT2D eigenvalue weighted by Gasteiger charge is 2.36. The number of halogens is 1. The van der Waals surface area contributed by atoms with Crippen molar-refractivity contribution in [2.24, 2.45) is 7.05 Å². The molecule has 0 aliphatic carbocycles. The van der Waals surface area contributed by atoms with Crippen LogP contribution in [-0.2, 0) is 7.05 Å². The van der Waals surface area contributed by atoms with Gasteiger partial charge in [-0.3, -0.25) is 9.48 Å². The van der Waals surface area contributed by atoms with Crippen LogP contribution < -0.4 is 0 Å². The number of likely N-dealkylation sites (tertiary alicyclic amines) is 1. The minimum Gasteiger partial charge on any atom is -0.391 e. The van der Waals surface area contributed by atoms with E-state index in [0.717, 1.165) is 5.56 Å². The fraction of sp³-hybridized carbons (Fsp3) is 0.375. The summed E-state index contributed by atoms with van der Waals surface area (Å²) in [6.07, 6.45) is 1.57. The second kappa shape index (κ2) is 5.53. The molecule has 0 saturated carbocycles. The first-order chi connectivity index (χ1) is 10.5. The van der Waals surface area contributed by atoms with Crippen molar-refractivity contribution < 1.29 is 14.3 Å². The average Bonchev–Trinajstić information content (AvgIpc) is 3.01. The summed E-state index contributed by atoms with van der Waals surface area (Å²) in [7, 11) is 1.76. The smallest absolute Gasteiger partial charge is 0.257 e. The van der Waals surface area contributed by atoms with E-state index in [0.29, 0.717) is 17.7 Å². The van der Waals surface area contributed by atoms with Crippen LogP contribution in [0.3, 0.4) is 0 Å². The Kier molecular flexibility index (Phi) is 3.70. The maximum absolute atomic E-state index is 13.1. The van der Waals surface area contributed by atoms with E-state index in [9.17, 15) is 14.3 Å². The molecule has 6 heteroatoms. The number of β-amino-alcohol motifs (C(OH)–C–C–N with tert-alkyl or cyclic N) is 1. The van der Waals surface area contributed by atoms with Crippen molar-refractivity contribution in [3.05, 3.63) is 53.1 Å². The van der Waals surface area contributed by atoms with Crippen LogP contribution in [0, 0.1) is 12.7 Å². The van der Waals surface area contributed by atoms with E-state index in [1.54, 1.807) is 41.9 Å². The second-order valence-electron chi connectivity index (χ2n) is 5.72. The van der Waals surface area contributed by atoms with Gasteiger partial charge >= 0.3 is 0 Å². The van der Waals surface area contributed by atoms with Crippen LogP contribution in [0.4, 0.5) is 4.39 Å². The molecule has 1 aliphatic heterocycles. The van der Waals surface area contributed by atoms with Crippen molar-refractivity contribution in [2.75, 3.05) is 6.54 Å². The molecule has 2 aromatic rings. The summed E-state index contributed by atoms with van der Waals surface area (Å²) in [5.41, 5.74) is 2.02. The van der Waals surface area contributed by atoms with E-state index in [1.165, 1.54) is 12.1 Å². The number of carbonyl (C=O) groups is 1. The molecule has 1 aliphatic rings. The first-order valence-corrected chi connectivity index (χ1v) is 7.20. The summed E-state index contributed by atoms with van der Waals surface area (Å²) in [5, 5.41) is 14.2. The molecule has 2 heterocycles. The molecule has 1 saturated heterocycles. The molecule has 1 aromatic heterocycles. The standard InChI is InChI=1S/C16H18FN3O2/c1-10-14(9-19(2)18-10)16(22)20-8-13(21)7-15(20)11-3-5-12(17)6-4-11/h3-6,9,13,15,21H,7-8H2,1-2H3/t13-,15+/m1/s1. The Hall–Kier alpha value is -2.21. The SMILES string of the molecule is Cc1nn(C)cc1C(=O)N1C[C@H](O)C[C@H]1c1ccc(F)cc1. The van der Waals surface area contributed by atoms with Crippen molar-refractivity contribution in [2.45, 2.75) is 25.5 Å². The lowest BCUT2D eigenvalue weighted by atomic mass is 10.0. The minimum absolute atomic E-state index is 0.156. The number of hydrogen-bond acceptors (Lipinski definition) is 3. The summed E-state index contributed by atoms with van der Waals surface area (Å²) in [4.78, 5) is 14.4. The maximum atomic E-state index is 13.1. The van der Waals surface area contributed by atoms with E-state index >= 15 is 0 Å². The number of hydrogen-bond donors (Lipinski definition) is 1. The Morgan fingerprint density at radius 1 is 1.36 bits per heavy atom. The second-order valence-corrected chi connectivity index (χ2v) is 5.72. The van der Waals surface area contributed by atoms with Gasteiger partial charge in [0.15, 0.2) is 0 Å². The number of aryl methyl sites for hydroxylation is 2. The first kappa shape index (κ1) is 14.7. The molecule has 2 atom stereocenters. The Labute approximate surface area is 128 Å². The van der Waals surface area contributed by atoms with E-state index in [1.807, 2.05) is 0 Å². The van der Waals surface area contributed by atoms with Gasteiger partial charge in [-0.2, -0.15) is 5.10 Å². The third-order valence-corrected chi connectivity index (χ3v) is 4.04. The highest BCUT2D eigenvalue weighted by atomic mass is 19.1. The summed E-state index contributed by atoms with van der Waals surface area (Å²) >= 11 is 0. The molecule has 1 amide bonds. The van der Waals surface area contributed by atoms with Crippen molar-refractivity contribution in [1.29, 1.82) is 0 Å². The largest absolute Gasteiger partial charge is 0.391 e. The monoisotopic (exact) mass is 303 g/mol. The van der Waals surface area contributed by atoms with Crippen molar-refractivity contribution in [3.63, 3.8) is 0 Å². The zero-order valence-electron chi connectivity index (χ0n) is 12.5. The summed E-state index contributed by atoms with van der Waals surface area (Å²) in [5.74, 6) is -0.472. The molecule has 1 N–H and O–H groups in total. The maximum Gasteiger partial charge on any atom is 0.257 e. The third-order valence-electron chi connectivity index (χ3n) is 4.04. The van der Waals surface area contributed by atoms with Crippen LogP contribution >= 0.6 is 0 Å². The number of rotatable bonds is 2. The van der Waals surface area contributed by atoms with Gasteiger partial charge in [0.2, 0.25) is 0 Å². The molecule has 0 spiro atoms. The number of aromatic nitrogens is 2. The Morgan fingerprint density at radius 2 is 2.05 bits per heavy atom. The first-order valence-electron chi connectivity index (χ1n) is 7.20. The van der Waals surface area contributed by atoms with Crippen LogP contribution in [0.25, 0.3) is 0 Å². The van der Waals surface area contributed by atoms with Crippen LogP contribution in [0.2, 0.25) is 0 Å². The van der Waals surface area contributed by atoms with Crippen LogP contribution in [0.15, 0.2) is 30.5 Å². The molecule has 0 radical (unpaired) electrons. The van der Waals surface area contributed by atoms with Gasteiger partial charge in [0.25, 0.3) is 5.91 Å². The quantitative estimate of drug-likeness (QED) is 0.920. The number of benzene rings is 1. The normalized spacial score (nSPS) is 21.4. The van der Waals surface area contributed by atoms with Gasteiger partial charge < -0.3 is 10.0 Å². The number of carbonyl (C=O) groups excluding carboxylic acids is 1. The van der Waals surface area contributed by atoms with Crippen LogP contribution in [0.1, 0.15) is 34.1 Å². The Balaban J connectivity index is 1.92. The van der Waals surface area contributed by atoms with Gasteiger partial charge in [0.05, 0.1) is 23.4 Å². The fourth-order valence-corrected chi connectivity index (χ4v) is 3.00. The van der Waals surface area contributed by atoms with Gasteiger partial charge in [-0.15, -0.1) is 0 Å². The van der Waals surface area contributed by atoms with Crippen molar-refractivity contribution in [3.8, 4) is 0 Å². The lowest BCUT2D eigenvalue weighted by molar-refractivity contribution is 0.0715. The van der Waals surface area contributed by atoms with Crippen molar-refractivity contribution >= 4 is 5.91 Å². The molecular weight excluding hydrogens is 285 g/mol. The van der Waals surface area contributed by atoms with Crippen molar-refractivity contribution in [1.82, 2.24) is 14.7 Å². The molecule has 1 fully saturated rings. The lowest BCUT2D eigenvalue weighted by Gasteiger charge is -2.24. The molecule has 116 valence electrons. The number of amides is 1. The Morgan fingerprint density at radius 3 is 2.64 bits per heavy atom. The van der Waals surface area contributed by atoms with Crippen LogP contribution in [-0.4, -0.2) is 38.3 Å². The zero-order chi connectivity index (χ0) is 15.9. The van der Waals surface area contributed by atoms with Gasteiger partial charge in [-0.05, 0) is 31.0 Å². The minimum atomic E-state index is -0.573. The Bertz CT molecular complexity index is 696. The third kappa shape index (κ3) is 2.62. The van der Waals surface area contributed by atoms with E-state index < -0.39 is 6.10 Å². The number of nitrogens with zero attached hydrogens (tertiary/aromatic N) is 3. The average molecular weight is 303 g/mol. The number of aliphatic hydroxyl groups excluding tert-OH is 1. The molecular formula is C16H18FN3O2. The van der Waals surface area contributed by atoms with E-state index in [2.05, 4.69) is 5.10 Å². The molecule has 0 bridgehead atoms. The molecule has 0 unspecified atom stereocenters. The molecule has 3 rings (SSSR count). The number of aliphatic hydroxyl groups is 1. The predicted octanol–water partition coefficient (Wildman–Crippen LogP) is 1.82. The van der Waals surface area contributed by atoms with Gasteiger partial charge in [0, 0.05) is 19.8 Å². The summed E-state index contributed by atoms with van der Waals surface area (Å²) in [6, 6.07) is 5.82. The van der Waals surface area contributed by atoms with E-state index in [4.69, 9.17) is 0 Å². The van der Waals surface area contributed by atoms with Gasteiger partial charge in [-0.1, -0.05) is 12.1 Å². The zero-order valence-corrected chi connectivity index (χ0v) is 12.5. The topological polar surface area (TPSA) is 58.4 Å². The summed E-state index contributed by atoms with van der Waals surface area (Å²) < 4.78 is 14.7. The predicted molar refractivity (Wildman–Crippen MR) is 78.7 cm³/mol.